The molecule has 3 atom stereocenters. The van der Waals surface area contributed by atoms with E-state index >= 15 is 0 Å². The molecule has 3 amide bonds. The molecule has 3 aliphatic rings. The number of likely N-dealkylation sites (tertiary alicyclic amines) is 1. The Morgan fingerprint density at radius 3 is 2.18 bits per heavy atom. The van der Waals surface area contributed by atoms with Crippen LogP contribution in [-0.2, 0) is 19.1 Å². The van der Waals surface area contributed by atoms with E-state index < -0.39 is 35.7 Å². The van der Waals surface area contributed by atoms with Crippen LogP contribution in [0.15, 0.2) is 0 Å². The van der Waals surface area contributed by atoms with Crippen LogP contribution < -0.4 is 10.6 Å². The second kappa shape index (κ2) is 11.4. The molecule has 0 aromatic heterocycles. The van der Waals surface area contributed by atoms with E-state index in [4.69, 9.17) is 4.74 Å². The number of rotatable bonds is 7. The molecule has 3 N–H and O–H groups in total. The van der Waals surface area contributed by atoms with Gasteiger partial charge in [-0.3, -0.25) is 9.59 Å². The predicted molar refractivity (Wildman–Crippen MR) is 126 cm³/mol. The molecule has 1 heterocycles. The van der Waals surface area contributed by atoms with Gasteiger partial charge < -0.3 is 25.4 Å². The van der Waals surface area contributed by atoms with Gasteiger partial charge in [0, 0.05) is 6.54 Å². The molecule has 192 valence electrons. The maximum atomic E-state index is 13.0. The first kappa shape index (κ1) is 26.3. The maximum Gasteiger partial charge on any atom is 0.408 e. The van der Waals surface area contributed by atoms with Gasteiger partial charge in [-0.15, -0.1) is 0 Å². The molecule has 0 aromatic rings. The third-order valence-corrected chi connectivity index (χ3v) is 7.50. The van der Waals surface area contributed by atoms with Crippen molar-refractivity contribution in [2.75, 3.05) is 13.1 Å². The van der Waals surface area contributed by atoms with Crippen molar-refractivity contribution in [2.24, 2.45) is 17.8 Å². The molecule has 2 aliphatic carbocycles. The summed E-state index contributed by atoms with van der Waals surface area (Å²) in [5.41, 5.74) is -0.687. The first-order valence-corrected chi connectivity index (χ1v) is 12.8. The fraction of sp³-hybridized carbons (Fsp3) is 0.840. The summed E-state index contributed by atoms with van der Waals surface area (Å²) in [5.74, 6) is -1.17. The smallest absolute Gasteiger partial charge is 0.408 e. The normalized spacial score (nSPS) is 25.1. The molecule has 1 aliphatic heterocycles. The second-order valence-electron chi connectivity index (χ2n) is 11.2. The van der Waals surface area contributed by atoms with Gasteiger partial charge in [-0.25, -0.2) is 9.59 Å². The van der Waals surface area contributed by atoms with Crippen LogP contribution >= 0.6 is 0 Å². The molecule has 2 saturated carbocycles. The van der Waals surface area contributed by atoms with Gasteiger partial charge in [-0.1, -0.05) is 44.9 Å². The number of nitrogens with zero attached hydrogens (tertiary/aromatic N) is 1. The largest absolute Gasteiger partial charge is 0.480 e. The lowest BCUT2D eigenvalue weighted by Gasteiger charge is -2.28. The van der Waals surface area contributed by atoms with E-state index in [1.54, 1.807) is 20.8 Å². The van der Waals surface area contributed by atoms with Gasteiger partial charge in [0.05, 0.1) is 6.54 Å². The Hall–Kier alpha value is -2.32. The van der Waals surface area contributed by atoms with Crippen molar-refractivity contribution in [1.82, 2.24) is 15.5 Å². The van der Waals surface area contributed by atoms with E-state index in [9.17, 15) is 24.3 Å². The van der Waals surface area contributed by atoms with Crippen molar-refractivity contribution in [3.05, 3.63) is 0 Å². The van der Waals surface area contributed by atoms with Crippen molar-refractivity contribution in [3.63, 3.8) is 0 Å². The average molecular weight is 480 g/mol. The molecule has 1 saturated heterocycles. The lowest BCUT2D eigenvalue weighted by molar-refractivity contribution is -0.148. The number of carboxylic acids is 1. The van der Waals surface area contributed by atoms with Crippen LogP contribution in [0, 0.1) is 17.8 Å². The van der Waals surface area contributed by atoms with Crippen LogP contribution in [-0.4, -0.2) is 64.7 Å². The average Bonchev–Trinajstić information content (AvgIpc) is 3.45. The molecule has 0 spiro atoms. The van der Waals surface area contributed by atoms with Crippen LogP contribution in [0.1, 0.15) is 85.0 Å². The Bertz CT molecular complexity index is 752. The number of alkyl carbamates (subject to hydrolysis) is 1. The van der Waals surface area contributed by atoms with E-state index in [0.717, 1.165) is 51.4 Å². The summed E-state index contributed by atoms with van der Waals surface area (Å²) >= 11 is 0. The third-order valence-electron chi connectivity index (χ3n) is 7.50. The van der Waals surface area contributed by atoms with Gasteiger partial charge in [0.2, 0.25) is 11.8 Å². The number of hydrogen-bond acceptors (Lipinski definition) is 5. The number of carboxylic acid groups (broad SMARTS) is 1. The minimum atomic E-state index is -0.992. The Morgan fingerprint density at radius 2 is 1.59 bits per heavy atom. The number of aliphatic carboxylic acids is 1. The lowest BCUT2D eigenvalue weighted by Crippen LogP contribution is -2.53. The Balaban J connectivity index is 1.59. The quantitative estimate of drug-likeness (QED) is 0.515. The fourth-order valence-electron chi connectivity index (χ4n) is 5.82. The zero-order chi connectivity index (χ0) is 24.9. The minimum Gasteiger partial charge on any atom is -0.480 e. The van der Waals surface area contributed by atoms with Crippen LogP contribution in [0.4, 0.5) is 4.79 Å². The molecule has 3 rings (SSSR count). The van der Waals surface area contributed by atoms with E-state index in [1.807, 2.05) is 0 Å². The van der Waals surface area contributed by atoms with Crippen molar-refractivity contribution in [2.45, 2.75) is 103 Å². The van der Waals surface area contributed by atoms with Crippen LogP contribution in [0.3, 0.4) is 0 Å². The Labute approximate surface area is 202 Å². The first-order chi connectivity index (χ1) is 16.0. The van der Waals surface area contributed by atoms with Crippen molar-refractivity contribution < 1.29 is 29.0 Å². The highest BCUT2D eigenvalue weighted by molar-refractivity contribution is 5.91. The van der Waals surface area contributed by atoms with E-state index in [2.05, 4.69) is 10.6 Å². The standard InChI is InChI=1S/C25H41N3O6/c1-25(2,3)34-24(33)27-21(17-11-7-8-12-17)22(30)26-14-20(29)28-15-18(13-19(28)23(31)32)16-9-5-4-6-10-16/h16-19,21H,4-15H2,1-3H3,(H,26,30)(H,27,33)(H,31,32)/t18-,19+,21+/m1/s1. The van der Waals surface area contributed by atoms with Crippen molar-refractivity contribution >= 4 is 23.9 Å². The second-order valence-corrected chi connectivity index (χ2v) is 11.2. The summed E-state index contributed by atoms with van der Waals surface area (Å²) in [5, 5.41) is 15.1. The minimum absolute atomic E-state index is 0.0168. The van der Waals surface area contributed by atoms with Gasteiger partial charge in [0.25, 0.3) is 0 Å². The summed E-state index contributed by atoms with van der Waals surface area (Å²) in [4.78, 5) is 51.6. The molecule has 0 aromatic carbocycles. The van der Waals surface area contributed by atoms with Crippen molar-refractivity contribution in [3.8, 4) is 0 Å². The summed E-state index contributed by atoms with van der Waals surface area (Å²) in [6, 6.07) is -1.63. The highest BCUT2D eigenvalue weighted by Crippen LogP contribution is 2.37. The molecule has 0 bridgehead atoms. The molecule has 3 fully saturated rings. The zero-order valence-electron chi connectivity index (χ0n) is 20.8. The monoisotopic (exact) mass is 479 g/mol. The predicted octanol–water partition coefficient (Wildman–Crippen LogP) is 3.07. The molecule has 34 heavy (non-hydrogen) atoms. The lowest BCUT2D eigenvalue weighted by atomic mass is 9.79. The van der Waals surface area contributed by atoms with E-state index in [0.29, 0.717) is 18.9 Å². The summed E-state index contributed by atoms with van der Waals surface area (Å²) in [6.07, 6.45) is 9.16. The van der Waals surface area contributed by atoms with Crippen LogP contribution in [0.2, 0.25) is 0 Å². The number of ether oxygens (including phenoxy) is 1. The molecule has 0 radical (unpaired) electrons. The number of hydrogen-bond donors (Lipinski definition) is 3. The molecule has 9 nitrogen and oxygen atoms in total. The van der Waals surface area contributed by atoms with Gasteiger partial charge in [-0.2, -0.15) is 0 Å². The van der Waals surface area contributed by atoms with Gasteiger partial charge in [0.15, 0.2) is 0 Å². The molecular formula is C25H41N3O6. The zero-order valence-corrected chi connectivity index (χ0v) is 20.8. The Kier molecular flexibility index (Phi) is 8.82. The molecule has 0 unspecified atom stereocenters. The number of carbonyl (C=O) groups is 4. The fourth-order valence-corrected chi connectivity index (χ4v) is 5.82. The third kappa shape index (κ3) is 7.09. The topological polar surface area (TPSA) is 125 Å². The maximum absolute atomic E-state index is 13.0. The van der Waals surface area contributed by atoms with Gasteiger partial charge >= 0.3 is 12.1 Å². The highest BCUT2D eigenvalue weighted by atomic mass is 16.6. The number of amides is 3. The summed E-state index contributed by atoms with van der Waals surface area (Å²) < 4.78 is 5.32. The van der Waals surface area contributed by atoms with Gasteiger partial charge in [0.1, 0.15) is 17.7 Å². The molecule has 9 heteroatoms. The van der Waals surface area contributed by atoms with Gasteiger partial charge in [-0.05, 0) is 57.8 Å². The van der Waals surface area contributed by atoms with Crippen molar-refractivity contribution in [1.29, 1.82) is 0 Å². The van der Waals surface area contributed by atoms with E-state index in [1.165, 1.54) is 11.3 Å². The summed E-state index contributed by atoms with van der Waals surface area (Å²) in [6.45, 7) is 5.42. The first-order valence-electron chi connectivity index (χ1n) is 12.8. The van der Waals surface area contributed by atoms with Crippen LogP contribution in [0.5, 0.6) is 0 Å². The highest BCUT2D eigenvalue weighted by Gasteiger charge is 2.42. The SMILES string of the molecule is CC(C)(C)OC(=O)N[C@H](C(=O)NCC(=O)N1C[C@H](C2CCCCC2)C[C@H]1C(=O)O)C1CCCC1. The van der Waals surface area contributed by atoms with E-state index in [-0.39, 0.29) is 24.3 Å². The number of carbonyl (C=O) groups excluding carboxylic acids is 3. The van der Waals surface area contributed by atoms with Crippen LogP contribution in [0.25, 0.3) is 0 Å². The number of nitrogens with one attached hydrogen (secondary N) is 2. The Morgan fingerprint density at radius 1 is 0.971 bits per heavy atom. The molecular weight excluding hydrogens is 438 g/mol. The summed E-state index contributed by atoms with van der Waals surface area (Å²) in [7, 11) is 0.